The number of hydrogen-bond donors (Lipinski definition) is 0. The van der Waals surface area contributed by atoms with Gasteiger partial charge in [-0.25, -0.2) is 0 Å². The molecular formula is C42H30F3N3. The van der Waals surface area contributed by atoms with Crippen LogP contribution in [0.2, 0.25) is 0 Å². The van der Waals surface area contributed by atoms with Gasteiger partial charge >= 0.3 is 6.18 Å². The van der Waals surface area contributed by atoms with Gasteiger partial charge in [0.15, 0.2) is 0 Å². The molecule has 0 aliphatic rings. The number of nitrogens with zero attached hydrogens (tertiary/aromatic N) is 3. The highest BCUT2D eigenvalue weighted by Crippen LogP contribution is 2.46. The maximum Gasteiger partial charge on any atom is 0.416 e. The SMILES string of the molecule is Cc1cccc2c1c1c(C)cccc1n2-c1cc(C(F)(F)F)cc(-n2c3cccc(C)c3c3c(C)cccc32)c1-c1cccc(C#N)c1. The summed E-state index contributed by atoms with van der Waals surface area (Å²) >= 11 is 0. The molecule has 48 heavy (non-hydrogen) atoms. The number of hydrogen-bond acceptors (Lipinski definition) is 1. The molecule has 0 aliphatic carbocycles. The second kappa shape index (κ2) is 10.6. The number of alkyl halides is 3. The molecule has 0 radical (unpaired) electrons. The Balaban J connectivity index is 1.66. The van der Waals surface area contributed by atoms with E-state index < -0.39 is 11.7 Å². The van der Waals surface area contributed by atoms with Gasteiger partial charge in [0.2, 0.25) is 0 Å². The summed E-state index contributed by atoms with van der Waals surface area (Å²) in [6, 6.07) is 35.8. The highest BCUT2D eigenvalue weighted by Gasteiger charge is 2.34. The number of fused-ring (bicyclic) bond motifs is 6. The van der Waals surface area contributed by atoms with Crippen LogP contribution >= 0.6 is 0 Å². The van der Waals surface area contributed by atoms with Gasteiger partial charge in [-0.2, -0.15) is 18.4 Å². The van der Waals surface area contributed by atoms with Crippen molar-refractivity contribution in [2.45, 2.75) is 33.9 Å². The first-order valence-corrected chi connectivity index (χ1v) is 15.8. The molecule has 2 heterocycles. The molecule has 6 aromatic carbocycles. The van der Waals surface area contributed by atoms with Gasteiger partial charge in [0, 0.05) is 27.1 Å². The summed E-state index contributed by atoms with van der Waals surface area (Å²) < 4.78 is 49.4. The molecular weight excluding hydrogens is 603 g/mol. The van der Waals surface area contributed by atoms with Gasteiger partial charge in [-0.3, -0.25) is 0 Å². The van der Waals surface area contributed by atoms with Crippen molar-refractivity contribution in [1.82, 2.24) is 9.13 Å². The average Bonchev–Trinajstić information content (AvgIpc) is 3.60. The minimum absolute atomic E-state index is 0.390. The number of halogens is 3. The lowest BCUT2D eigenvalue weighted by atomic mass is 9.96. The summed E-state index contributed by atoms with van der Waals surface area (Å²) in [5.41, 5.74) is 9.13. The standard InChI is InChI=1S/C42H30F3N3/c1-24-10-5-16-31-37(24)38-25(2)11-6-17-32(38)47(31)35-21-30(42(43,44)45)22-36(41(35)29-15-9-14-28(20-29)23-46)48-33-18-7-12-26(3)39(33)40-27(4)13-8-19-34(40)48/h5-22H,1-4H3. The fourth-order valence-electron chi connectivity index (χ4n) is 7.60. The molecule has 0 amide bonds. The van der Waals surface area contributed by atoms with Crippen LogP contribution in [0.1, 0.15) is 33.4 Å². The number of benzene rings is 6. The van der Waals surface area contributed by atoms with E-state index in [1.165, 1.54) is 12.1 Å². The molecule has 0 saturated heterocycles. The van der Waals surface area contributed by atoms with Crippen LogP contribution in [0.4, 0.5) is 13.2 Å². The van der Waals surface area contributed by atoms with E-state index in [1.807, 2.05) is 116 Å². The maximum atomic E-state index is 15.1. The molecule has 0 aliphatic heterocycles. The summed E-state index contributed by atoms with van der Waals surface area (Å²) in [4.78, 5) is 0. The normalized spacial score (nSPS) is 12.0. The smallest absolute Gasteiger partial charge is 0.309 e. The largest absolute Gasteiger partial charge is 0.416 e. The second-order valence-corrected chi connectivity index (χ2v) is 12.6. The van der Waals surface area contributed by atoms with Crippen LogP contribution in [0.25, 0.3) is 66.1 Å². The molecule has 0 atom stereocenters. The van der Waals surface area contributed by atoms with Crippen LogP contribution in [0.5, 0.6) is 0 Å². The molecule has 0 saturated carbocycles. The topological polar surface area (TPSA) is 33.6 Å². The third kappa shape index (κ3) is 4.28. The fraction of sp³-hybridized carbons (Fsp3) is 0.119. The Kier molecular flexibility index (Phi) is 6.54. The van der Waals surface area contributed by atoms with Crippen LogP contribution in [-0.2, 0) is 6.18 Å². The van der Waals surface area contributed by atoms with E-state index in [0.717, 1.165) is 65.9 Å². The van der Waals surface area contributed by atoms with Crippen molar-refractivity contribution in [1.29, 1.82) is 5.26 Å². The highest BCUT2D eigenvalue weighted by atomic mass is 19.4. The lowest BCUT2D eigenvalue weighted by Gasteiger charge is -2.23. The molecule has 8 aromatic rings. The second-order valence-electron chi connectivity index (χ2n) is 12.6. The van der Waals surface area contributed by atoms with E-state index in [-0.39, 0.29) is 0 Å². The van der Waals surface area contributed by atoms with Gasteiger partial charge in [-0.05, 0) is 104 Å². The molecule has 6 heteroatoms. The molecule has 8 rings (SSSR count). The molecule has 0 spiro atoms. The molecule has 2 aromatic heterocycles. The first-order valence-electron chi connectivity index (χ1n) is 15.8. The monoisotopic (exact) mass is 633 g/mol. The molecule has 0 bridgehead atoms. The first kappa shape index (κ1) is 29.6. The van der Waals surface area contributed by atoms with Gasteiger partial charge < -0.3 is 9.13 Å². The lowest BCUT2D eigenvalue weighted by Crippen LogP contribution is -2.11. The zero-order chi connectivity index (χ0) is 33.5. The van der Waals surface area contributed by atoms with Crippen molar-refractivity contribution in [3.63, 3.8) is 0 Å². The van der Waals surface area contributed by atoms with E-state index in [2.05, 4.69) is 6.07 Å². The quantitative estimate of drug-likeness (QED) is 0.191. The van der Waals surface area contributed by atoms with Crippen LogP contribution in [-0.4, -0.2) is 9.13 Å². The predicted octanol–water partition coefficient (Wildman–Crippen LogP) is 11.7. The molecule has 234 valence electrons. The predicted molar refractivity (Wildman–Crippen MR) is 189 cm³/mol. The van der Waals surface area contributed by atoms with E-state index >= 15 is 13.2 Å². The number of rotatable bonds is 3. The molecule has 3 nitrogen and oxygen atoms in total. The van der Waals surface area contributed by atoms with Crippen LogP contribution in [0, 0.1) is 39.0 Å². The number of aryl methyl sites for hydroxylation is 4. The Morgan fingerprint density at radius 1 is 0.521 bits per heavy atom. The number of nitriles is 1. The Morgan fingerprint density at radius 3 is 1.25 bits per heavy atom. The Morgan fingerprint density at radius 2 is 0.896 bits per heavy atom. The van der Waals surface area contributed by atoms with Crippen molar-refractivity contribution in [2.24, 2.45) is 0 Å². The van der Waals surface area contributed by atoms with Crippen LogP contribution < -0.4 is 0 Å². The van der Waals surface area contributed by atoms with Crippen molar-refractivity contribution in [2.75, 3.05) is 0 Å². The Bertz CT molecular complexity index is 2400. The lowest BCUT2D eigenvalue weighted by molar-refractivity contribution is -0.137. The van der Waals surface area contributed by atoms with Crippen LogP contribution in [0.3, 0.4) is 0 Å². The summed E-state index contributed by atoms with van der Waals surface area (Å²) in [6.45, 7) is 8.15. The fourth-order valence-corrected chi connectivity index (χ4v) is 7.60. The van der Waals surface area contributed by atoms with E-state index in [4.69, 9.17) is 0 Å². The van der Waals surface area contributed by atoms with Gasteiger partial charge in [0.1, 0.15) is 0 Å². The van der Waals surface area contributed by atoms with Gasteiger partial charge in [0.25, 0.3) is 0 Å². The van der Waals surface area contributed by atoms with Gasteiger partial charge in [0.05, 0.1) is 50.6 Å². The third-order valence-electron chi connectivity index (χ3n) is 9.65. The van der Waals surface area contributed by atoms with Gasteiger partial charge in [-0.15, -0.1) is 0 Å². The van der Waals surface area contributed by atoms with E-state index in [0.29, 0.717) is 28.1 Å². The molecule has 0 unspecified atom stereocenters. The molecule has 0 fully saturated rings. The zero-order valence-electron chi connectivity index (χ0n) is 26.9. The zero-order valence-corrected chi connectivity index (χ0v) is 26.9. The Hall–Kier alpha value is -5.80. The van der Waals surface area contributed by atoms with E-state index in [1.54, 1.807) is 18.2 Å². The number of aromatic nitrogens is 2. The summed E-state index contributed by atoms with van der Waals surface area (Å²) in [5.74, 6) is 0. The minimum Gasteiger partial charge on any atom is -0.309 e. The van der Waals surface area contributed by atoms with Crippen LogP contribution in [0.15, 0.2) is 109 Å². The van der Waals surface area contributed by atoms with Crippen molar-refractivity contribution in [3.05, 3.63) is 143 Å². The van der Waals surface area contributed by atoms with E-state index in [9.17, 15) is 5.26 Å². The summed E-state index contributed by atoms with van der Waals surface area (Å²) in [5, 5.41) is 14.0. The van der Waals surface area contributed by atoms with Crippen molar-refractivity contribution in [3.8, 4) is 28.6 Å². The van der Waals surface area contributed by atoms with Gasteiger partial charge in [-0.1, -0.05) is 60.7 Å². The summed E-state index contributed by atoms with van der Waals surface area (Å²) in [7, 11) is 0. The van der Waals surface area contributed by atoms with Crippen molar-refractivity contribution < 1.29 is 13.2 Å². The molecule has 0 N–H and O–H groups in total. The summed E-state index contributed by atoms with van der Waals surface area (Å²) in [6.07, 6.45) is -4.63. The van der Waals surface area contributed by atoms with Crippen molar-refractivity contribution >= 4 is 43.6 Å². The maximum absolute atomic E-state index is 15.1. The highest BCUT2D eigenvalue weighted by molar-refractivity contribution is 6.14. The minimum atomic E-state index is -4.63. The Labute approximate surface area is 275 Å². The first-order chi connectivity index (χ1) is 23.1. The third-order valence-corrected chi connectivity index (χ3v) is 9.65. The average molecular weight is 634 g/mol.